The summed E-state index contributed by atoms with van der Waals surface area (Å²) in [4.78, 5) is 24.1. The van der Waals surface area contributed by atoms with Crippen LogP contribution in [-0.2, 0) is 12.8 Å². The standard InChI is InChI=1S/C23H25FN6O/c24-16-7-5-15(6-8-16)20-13-21(29-28-20)23(31)27-17-9-11-30(12-10-17)22-18-3-1-2-4-19(18)25-14-26-22/h5-8,13-14,17H,1-4,9-12H2,(H,27,31)(H,28,29). The number of aryl methyl sites for hydroxylation is 1. The van der Waals surface area contributed by atoms with E-state index in [9.17, 15) is 9.18 Å². The van der Waals surface area contributed by atoms with Crippen LogP contribution in [0, 0.1) is 5.82 Å². The van der Waals surface area contributed by atoms with Gasteiger partial charge in [-0.25, -0.2) is 14.4 Å². The third kappa shape index (κ3) is 4.15. The Labute approximate surface area is 180 Å². The first-order valence-electron chi connectivity index (χ1n) is 10.9. The third-order valence-corrected chi connectivity index (χ3v) is 6.19. The molecule has 8 heteroatoms. The Kier molecular flexibility index (Phi) is 5.36. The maximum absolute atomic E-state index is 13.1. The number of nitrogens with one attached hydrogen (secondary N) is 2. The lowest BCUT2D eigenvalue weighted by molar-refractivity contribution is 0.0926. The monoisotopic (exact) mass is 420 g/mol. The van der Waals surface area contributed by atoms with Gasteiger partial charge in [-0.15, -0.1) is 0 Å². The van der Waals surface area contributed by atoms with E-state index in [-0.39, 0.29) is 17.8 Å². The Morgan fingerprint density at radius 3 is 2.68 bits per heavy atom. The number of carbonyl (C=O) groups excluding carboxylic acids is 1. The van der Waals surface area contributed by atoms with Crippen LogP contribution in [0.5, 0.6) is 0 Å². The molecular formula is C23H25FN6O. The maximum Gasteiger partial charge on any atom is 0.269 e. The number of aromatic nitrogens is 4. The third-order valence-electron chi connectivity index (χ3n) is 6.19. The lowest BCUT2D eigenvalue weighted by Crippen LogP contribution is -2.45. The van der Waals surface area contributed by atoms with Gasteiger partial charge in [0, 0.05) is 36.0 Å². The number of fused-ring (bicyclic) bond motifs is 1. The van der Waals surface area contributed by atoms with Crippen LogP contribution < -0.4 is 10.2 Å². The molecule has 1 aliphatic heterocycles. The van der Waals surface area contributed by atoms with Crippen molar-refractivity contribution in [2.75, 3.05) is 18.0 Å². The number of hydrogen-bond acceptors (Lipinski definition) is 5. The summed E-state index contributed by atoms with van der Waals surface area (Å²) < 4.78 is 13.1. The van der Waals surface area contributed by atoms with E-state index in [2.05, 4.69) is 30.4 Å². The Morgan fingerprint density at radius 2 is 1.87 bits per heavy atom. The molecule has 0 saturated carbocycles. The van der Waals surface area contributed by atoms with Crippen molar-refractivity contribution in [3.05, 3.63) is 59.4 Å². The van der Waals surface area contributed by atoms with Crippen molar-refractivity contribution >= 4 is 11.7 Å². The fourth-order valence-corrected chi connectivity index (χ4v) is 4.48. The number of anilines is 1. The van der Waals surface area contributed by atoms with E-state index < -0.39 is 0 Å². The van der Waals surface area contributed by atoms with E-state index in [0.717, 1.165) is 50.2 Å². The molecule has 2 N–H and O–H groups in total. The van der Waals surface area contributed by atoms with E-state index in [1.165, 1.54) is 36.2 Å². The summed E-state index contributed by atoms with van der Waals surface area (Å²) in [6.07, 6.45) is 7.91. The van der Waals surface area contributed by atoms with Gasteiger partial charge in [-0.3, -0.25) is 9.89 Å². The van der Waals surface area contributed by atoms with Crippen molar-refractivity contribution in [2.45, 2.75) is 44.6 Å². The van der Waals surface area contributed by atoms with E-state index >= 15 is 0 Å². The number of piperidine rings is 1. The minimum atomic E-state index is -0.300. The van der Waals surface area contributed by atoms with Crippen LogP contribution in [0.25, 0.3) is 11.3 Å². The van der Waals surface area contributed by atoms with Gasteiger partial charge in [-0.1, -0.05) is 0 Å². The smallest absolute Gasteiger partial charge is 0.269 e. The fourth-order valence-electron chi connectivity index (χ4n) is 4.48. The van der Waals surface area contributed by atoms with E-state index in [0.29, 0.717) is 11.4 Å². The molecule has 0 atom stereocenters. The van der Waals surface area contributed by atoms with E-state index in [4.69, 9.17) is 0 Å². The van der Waals surface area contributed by atoms with Crippen molar-refractivity contribution in [2.24, 2.45) is 0 Å². The molecular weight excluding hydrogens is 395 g/mol. The van der Waals surface area contributed by atoms with Gasteiger partial charge in [0.05, 0.1) is 5.69 Å². The molecule has 31 heavy (non-hydrogen) atoms. The predicted molar refractivity (Wildman–Crippen MR) is 115 cm³/mol. The lowest BCUT2D eigenvalue weighted by atomic mass is 9.95. The lowest BCUT2D eigenvalue weighted by Gasteiger charge is -2.34. The first-order valence-corrected chi connectivity index (χ1v) is 10.9. The van der Waals surface area contributed by atoms with Crippen LogP contribution in [0.4, 0.5) is 10.2 Å². The molecule has 0 bridgehead atoms. The molecule has 1 aliphatic carbocycles. The number of benzene rings is 1. The summed E-state index contributed by atoms with van der Waals surface area (Å²) >= 11 is 0. The predicted octanol–water partition coefficient (Wildman–Crippen LogP) is 3.28. The van der Waals surface area contributed by atoms with Crippen LogP contribution in [-0.4, -0.2) is 45.2 Å². The Balaban J connectivity index is 1.20. The zero-order valence-electron chi connectivity index (χ0n) is 17.3. The van der Waals surface area contributed by atoms with Crippen molar-refractivity contribution in [1.29, 1.82) is 0 Å². The molecule has 7 nitrogen and oxygen atoms in total. The van der Waals surface area contributed by atoms with Crippen LogP contribution >= 0.6 is 0 Å². The van der Waals surface area contributed by atoms with E-state index in [1.807, 2.05) is 0 Å². The SMILES string of the molecule is O=C(NC1CCN(c2ncnc3c2CCCC3)CC1)c1cc(-c2ccc(F)cc2)n[nH]1. The number of H-pyrrole nitrogens is 1. The van der Waals surface area contributed by atoms with Crippen molar-refractivity contribution in [3.63, 3.8) is 0 Å². The Bertz CT molecular complexity index is 1070. The normalized spacial score (nSPS) is 16.7. The van der Waals surface area contributed by atoms with Gasteiger partial charge in [-0.2, -0.15) is 5.10 Å². The number of hydrogen-bond donors (Lipinski definition) is 2. The minimum Gasteiger partial charge on any atom is -0.356 e. The second kappa shape index (κ2) is 8.45. The molecule has 160 valence electrons. The second-order valence-electron chi connectivity index (χ2n) is 8.24. The van der Waals surface area contributed by atoms with Gasteiger partial charge in [0.15, 0.2) is 0 Å². The van der Waals surface area contributed by atoms with Gasteiger partial charge in [-0.05, 0) is 68.9 Å². The van der Waals surface area contributed by atoms with Crippen molar-refractivity contribution in [1.82, 2.24) is 25.5 Å². The average molecular weight is 420 g/mol. The number of carbonyl (C=O) groups is 1. The highest BCUT2D eigenvalue weighted by Crippen LogP contribution is 2.29. The molecule has 1 fully saturated rings. The largest absolute Gasteiger partial charge is 0.356 e. The minimum absolute atomic E-state index is 0.110. The van der Waals surface area contributed by atoms with Gasteiger partial charge >= 0.3 is 0 Å². The molecule has 2 aliphatic rings. The Hall–Kier alpha value is -3.29. The zero-order chi connectivity index (χ0) is 21.2. The van der Waals surface area contributed by atoms with Crippen molar-refractivity contribution in [3.8, 4) is 11.3 Å². The molecule has 3 aromatic rings. The molecule has 0 radical (unpaired) electrons. The Morgan fingerprint density at radius 1 is 1.10 bits per heavy atom. The number of aromatic amines is 1. The first kappa shape index (κ1) is 19.7. The average Bonchev–Trinajstić information content (AvgIpc) is 3.30. The first-order chi connectivity index (χ1) is 15.2. The molecule has 1 saturated heterocycles. The van der Waals surface area contributed by atoms with Crippen LogP contribution in [0.3, 0.4) is 0 Å². The maximum atomic E-state index is 13.1. The summed E-state index contributed by atoms with van der Waals surface area (Å²) in [6.45, 7) is 1.72. The molecule has 1 amide bonds. The van der Waals surface area contributed by atoms with Gasteiger partial charge in [0.25, 0.3) is 5.91 Å². The highest BCUT2D eigenvalue weighted by Gasteiger charge is 2.26. The zero-order valence-corrected chi connectivity index (χ0v) is 17.3. The summed E-state index contributed by atoms with van der Waals surface area (Å²) in [7, 11) is 0. The van der Waals surface area contributed by atoms with Crippen LogP contribution in [0.15, 0.2) is 36.7 Å². The summed E-state index contributed by atoms with van der Waals surface area (Å²) in [6, 6.07) is 7.87. The molecule has 0 unspecified atom stereocenters. The number of amides is 1. The summed E-state index contributed by atoms with van der Waals surface area (Å²) in [5.41, 5.74) is 4.29. The highest BCUT2D eigenvalue weighted by atomic mass is 19.1. The van der Waals surface area contributed by atoms with E-state index in [1.54, 1.807) is 24.5 Å². The number of rotatable bonds is 4. The topological polar surface area (TPSA) is 86.8 Å². The second-order valence-corrected chi connectivity index (χ2v) is 8.24. The molecule has 5 rings (SSSR count). The number of halogens is 1. The number of nitrogens with zero attached hydrogens (tertiary/aromatic N) is 4. The molecule has 2 aromatic heterocycles. The van der Waals surface area contributed by atoms with Gasteiger partial charge in [0.2, 0.25) is 0 Å². The molecule has 0 spiro atoms. The van der Waals surface area contributed by atoms with Gasteiger partial charge < -0.3 is 10.2 Å². The van der Waals surface area contributed by atoms with Gasteiger partial charge in [0.1, 0.15) is 23.7 Å². The summed E-state index contributed by atoms with van der Waals surface area (Å²) in [5, 5.41) is 10.1. The fraction of sp³-hybridized carbons (Fsp3) is 0.391. The van der Waals surface area contributed by atoms with Crippen molar-refractivity contribution < 1.29 is 9.18 Å². The quantitative estimate of drug-likeness (QED) is 0.676. The van der Waals surface area contributed by atoms with Crippen LogP contribution in [0.1, 0.15) is 47.4 Å². The molecule has 3 heterocycles. The summed E-state index contributed by atoms with van der Waals surface area (Å²) in [5.74, 6) is 0.608. The highest BCUT2D eigenvalue weighted by molar-refractivity contribution is 5.93. The van der Waals surface area contributed by atoms with Crippen LogP contribution in [0.2, 0.25) is 0 Å². The molecule has 1 aromatic carbocycles.